The van der Waals surface area contributed by atoms with E-state index < -0.39 is 0 Å². The summed E-state index contributed by atoms with van der Waals surface area (Å²) in [5, 5.41) is 14.6. The number of benzene rings is 1. The number of Topliss-reactive ketones (excluding diaryl/α,β-unsaturated/α-hetero) is 1. The summed E-state index contributed by atoms with van der Waals surface area (Å²) in [6, 6.07) is 5.16. The number of nitrogens with one attached hydrogen (secondary N) is 1. The van der Waals surface area contributed by atoms with E-state index >= 15 is 0 Å². The molecule has 1 aromatic heterocycles. The van der Waals surface area contributed by atoms with E-state index in [1.54, 1.807) is 23.5 Å². The fourth-order valence-corrected chi connectivity index (χ4v) is 4.36. The van der Waals surface area contributed by atoms with Crippen LogP contribution < -0.4 is 14.7 Å². The van der Waals surface area contributed by atoms with Gasteiger partial charge in [-0.3, -0.25) is 4.79 Å². The summed E-state index contributed by atoms with van der Waals surface area (Å²) >= 11 is 1.58. The minimum atomic E-state index is -0.132. The van der Waals surface area contributed by atoms with Gasteiger partial charge in [-0.15, -0.1) is 11.3 Å². The molecule has 5 heteroatoms. The third kappa shape index (κ3) is 4.47. The number of carbonyl (C=O) groups is 1. The summed E-state index contributed by atoms with van der Waals surface area (Å²) in [6.07, 6.45) is 6.33. The lowest BCUT2D eigenvalue weighted by molar-refractivity contribution is -0.914. The molecule has 28 heavy (non-hydrogen) atoms. The number of carbonyl (C=O) groups excluding carboxylic acids is 1. The summed E-state index contributed by atoms with van der Waals surface area (Å²) < 4.78 is 5.97. The molecule has 0 aliphatic carbocycles. The summed E-state index contributed by atoms with van der Waals surface area (Å²) in [4.78, 5) is 15.2. The van der Waals surface area contributed by atoms with Gasteiger partial charge in [0.25, 0.3) is 0 Å². The molecule has 0 unspecified atom stereocenters. The van der Waals surface area contributed by atoms with Crippen molar-refractivity contribution in [2.45, 2.75) is 53.0 Å². The molecule has 2 aromatic rings. The first-order valence-electron chi connectivity index (χ1n) is 10.2. The van der Waals surface area contributed by atoms with Crippen LogP contribution in [0.1, 0.15) is 65.9 Å². The third-order valence-electron chi connectivity index (χ3n) is 5.26. The maximum Gasteiger partial charge on any atom is 0.232 e. The van der Waals surface area contributed by atoms with Gasteiger partial charge < -0.3 is 14.7 Å². The highest BCUT2D eigenvalue weighted by Gasteiger charge is 2.31. The first-order valence-corrected chi connectivity index (χ1v) is 11.1. The Bertz CT molecular complexity index is 861. The van der Waals surface area contributed by atoms with E-state index in [0.29, 0.717) is 29.2 Å². The van der Waals surface area contributed by atoms with E-state index in [1.807, 2.05) is 18.4 Å². The van der Waals surface area contributed by atoms with Crippen LogP contribution in [0.5, 0.6) is 11.5 Å². The number of allylic oxidation sites excluding steroid dienone is 1. The Balaban J connectivity index is 1.89. The maximum atomic E-state index is 12.8. The van der Waals surface area contributed by atoms with Crippen molar-refractivity contribution in [3.05, 3.63) is 50.9 Å². The Kier molecular flexibility index (Phi) is 6.92. The quantitative estimate of drug-likeness (QED) is 0.654. The molecule has 3 rings (SSSR count). The lowest BCUT2D eigenvalue weighted by Crippen LogP contribution is -3.10. The van der Waals surface area contributed by atoms with Crippen LogP contribution in [0.2, 0.25) is 0 Å². The zero-order chi connectivity index (χ0) is 20.1. The fraction of sp³-hybridized carbons (Fsp3) is 0.435. The zero-order valence-electron chi connectivity index (χ0n) is 17.0. The second kappa shape index (κ2) is 9.39. The van der Waals surface area contributed by atoms with Crippen molar-refractivity contribution in [2.24, 2.45) is 0 Å². The Hall–Kier alpha value is -2.11. The van der Waals surface area contributed by atoms with Gasteiger partial charge in [0.2, 0.25) is 5.78 Å². The van der Waals surface area contributed by atoms with Gasteiger partial charge in [0.15, 0.2) is 5.76 Å². The van der Waals surface area contributed by atoms with Gasteiger partial charge >= 0.3 is 0 Å². The number of thiophene rings is 1. The van der Waals surface area contributed by atoms with Crippen LogP contribution in [0.4, 0.5) is 0 Å². The van der Waals surface area contributed by atoms with E-state index in [2.05, 4.69) is 13.8 Å². The van der Waals surface area contributed by atoms with Crippen LogP contribution in [0.3, 0.4) is 0 Å². The molecule has 0 radical (unpaired) electrons. The van der Waals surface area contributed by atoms with Gasteiger partial charge in [-0.2, -0.15) is 0 Å². The molecule has 0 amide bonds. The Morgan fingerprint density at radius 2 is 1.86 bits per heavy atom. The number of quaternary nitrogens is 1. The topological polar surface area (TPSA) is 53.8 Å². The first-order chi connectivity index (χ1) is 13.5. The molecule has 1 N–H and O–H groups in total. The van der Waals surface area contributed by atoms with Gasteiger partial charge in [-0.1, -0.05) is 38.5 Å². The van der Waals surface area contributed by atoms with E-state index in [9.17, 15) is 9.90 Å². The lowest BCUT2D eigenvalue weighted by atomic mass is 10.0. The van der Waals surface area contributed by atoms with Crippen molar-refractivity contribution in [1.29, 1.82) is 0 Å². The molecule has 0 atom stereocenters. The number of unbranched alkanes of at least 4 members (excludes halogenated alkanes) is 2. The molecule has 1 aliphatic heterocycles. The monoisotopic (exact) mass is 399 g/mol. The summed E-state index contributed by atoms with van der Waals surface area (Å²) in [6.45, 7) is 9.05. The van der Waals surface area contributed by atoms with E-state index in [0.717, 1.165) is 49.2 Å². The van der Waals surface area contributed by atoms with Crippen molar-refractivity contribution in [2.75, 3.05) is 13.1 Å². The molecule has 0 bridgehead atoms. The number of hydrogen-bond donors (Lipinski definition) is 1. The van der Waals surface area contributed by atoms with Crippen LogP contribution in [-0.4, -0.2) is 18.9 Å². The number of rotatable bonds is 9. The summed E-state index contributed by atoms with van der Waals surface area (Å²) in [5.41, 5.74) is 2.27. The van der Waals surface area contributed by atoms with Crippen LogP contribution in [-0.2, 0) is 6.54 Å². The van der Waals surface area contributed by atoms with Gasteiger partial charge in [-0.25, -0.2) is 0 Å². The minimum Gasteiger partial charge on any atom is -0.872 e. The van der Waals surface area contributed by atoms with Crippen LogP contribution in [0.15, 0.2) is 29.3 Å². The Morgan fingerprint density at radius 1 is 1.14 bits per heavy atom. The van der Waals surface area contributed by atoms with Gasteiger partial charge in [0.1, 0.15) is 12.3 Å². The second-order valence-corrected chi connectivity index (χ2v) is 8.41. The fourth-order valence-electron chi connectivity index (χ4n) is 3.51. The molecule has 0 spiro atoms. The predicted molar refractivity (Wildman–Crippen MR) is 112 cm³/mol. The number of hydrogen-bond acceptors (Lipinski definition) is 4. The van der Waals surface area contributed by atoms with E-state index in [4.69, 9.17) is 4.74 Å². The van der Waals surface area contributed by atoms with Crippen molar-refractivity contribution < 1.29 is 19.5 Å². The lowest BCUT2D eigenvalue weighted by Gasteiger charge is -2.23. The number of ketones is 1. The van der Waals surface area contributed by atoms with Gasteiger partial charge in [-0.05, 0) is 42.8 Å². The summed E-state index contributed by atoms with van der Waals surface area (Å²) in [7, 11) is 0. The predicted octanol–water partition coefficient (Wildman–Crippen LogP) is 3.73. The summed E-state index contributed by atoms with van der Waals surface area (Å²) in [5.74, 6) is 0.623. The number of ether oxygens (including phenoxy) is 1. The van der Waals surface area contributed by atoms with Crippen molar-refractivity contribution in [3.8, 4) is 11.5 Å². The smallest absolute Gasteiger partial charge is 0.232 e. The standard InChI is InChI=1S/C23H29NO3S/c1-4-6-11-24(12-7-5-2)15-18-19(25)9-8-17-22(26)20(27-23(17)18)14-21-16(3)10-13-28-21/h8-10,13-14,25H,4-7,11-12,15H2,1-3H3/b20-14-. The largest absolute Gasteiger partial charge is 0.872 e. The van der Waals surface area contributed by atoms with Crippen LogP contribution >= 0.6 is 11.3 Å². The molecule has 0 saturated heterocycles. The molecular weight excluding hydrogens is 370 g/mol. The minimum absolute atomic E-state index is 0.0365. The van der Waals surface area contributed by atoms with E-state index in [1.165, 1.54) is 11.0 Å². The van der Waals surface area contributed by atoms with Crippen LogP contribution in [0, 0.1) is 6.92 Å². The highest BCUT2D eigenvalue weighted by Crippen LogP contribution is 2.38. The molecule has 4 nitrogen and oxygen atoms in total. The van der Waals surface area contributed by atoms with Gasteiger partial charge in [0.05, 0.1) is 18.7 Å². The van der Waals surface area contributed by atoms with Crippen molar-refractivity contribution in [1.82, 2.24) is 0 Å². The van der Waals surface area contributed by atoms with E-state index in [-0.39, 0.29) is 11.5 Å². The SMILES string of the molecule is CCCC[NH+](CCCC)Cc1c([O-])ccc2c1O/C(=C\c1sccc1C)C2=O. The second-order valence-electron chi connectivity index (χ2n) is 7.46. The zero-order valence-corrected chi connectivity index (χ0v) is 17.8. The average molecular weight is 400 g/mol. The molecular formula is C23H29NO3S. The maximum absolute atomic E-state index is 12.8. The molecule has 0 saturated carbocycles. The average Bonchev–Trinajstić information content (AvgIpc) is 3.23. The Morgan fingerprint density at radius 3 is 2.46 bits per heavy atom. The molecule has 1 aromatic carbocycles. The van der Waals surface area contributed by atoms with Gasteiger partial charge in [0, 0.05) is 16.5 Å². The van der Waals surface area contributed by atoms with Crippen molar-refractivity contribution >= 4 is 23.2 Å². The normalized spacial score (nSPS) is 14.7. The number of aryl methyl sites for hydroxylation is 1. The molecule has 150 valence electrons. The molecule has 1 aliphatic rings. The molecule has 0 fully saturated rings. The highest BCUT2D eigenvalue weighted by atomic mass is 32.1. The molecule has 2 heterocycles. The van der Waals surface area contributed by atoms with Crippen molar-refractivity contribution in [3.63, 3.8) is 0 Å². The number of fused-ring (bicyclic) bond motifs is 1. The van der Waals surface area contributed by atoms with Crippen LogP contribution in [0.25, 0.3) is 6.08 Å². The first kappa shape index (κ1) is 20.6. The highest BCUT2D eigenvalue weighted by molar-refractivity contribution is 7.11. The Labute approximate surface area is 171 Å². The third-order valence-corrected chi connectivity index (χ3v) is 6.22.